The lowest BCUT2D eigenvalue weighted by molar-refractivity contribution is 0.182. The molecule has 3 heterocycles. The molecule has 7 heteroatoms. The molecule has 24 heavy (non-hydrogen) atoms. The number of carbonyl (C=O) groups is 1. The van der Waals surface area contributed by atoms with Crippen molar-refractivity contribution in [2.24, 2.45) is 0 Å². The lowest BCUT2D eigenvalue weighted by Gasteiger charge is -2.23. The average molecular weight is 329 g/mol. The summed E-state index contributed by atoms with van der Waals surface area (Å²) >= 11 is 0. The van der Waals surface area contributed by atoms with Crippen LogP contribution < -0.4 is 10.2 Å². The third kappa shape index (κ3) is 3.34. The van der Waals surface area contributed by atoms with Gasteiger partial charge in [-0.25, -0.2) is 9.78 Å². The number of aromatic nitrogens is 2. The fraction of sp³-hybridized carbons (Fsp3) is 0.471. The third-order valence-electron chi connectivity index (χ3n) is 4.21. The first-order valence-corrected chi connectivity index (χ1v) is 8.15. The number of hydrogen-bond donors (Lipinski definition) is 1. The average Bonchev–Trinajstić information content (AvgIpc) is 3.21. The van der Waals surface area contributed by atoms with Crippen molar-refractivity contribution in [1.29, 1.82) is 0 Å². The van der Waals surface area contributed by atoms with Crippen LogP contribution in [-0.2, 0) is 6.54 Å². The first-order valence-electron chi connectivity index (χ1n) is 8.15. The van der Waals surface area contributed by atoms with Crippen molar-refractivity contribution in [3.63, 3.8) is 0 Å². The van der Waals surface area contributed by atoms with Crippen molar-refractivity contribution >= 4 is 11.8 Å². The highest BCUT2D eigenvalue weighted by Gasteiger charge is 2.32. The molecule has 7 nitrogen and oxygen atoms in total. The predicted octanol–water partition coefficient (Wildman–Crippen LogP) is 2.49. The maximum absolute atomic E-state index is 12.6. The Morgan fingerprint density at radius 3 is 3.04 bits per heavy atom. The first kappa shape index (κ1) is 16.3. The number of nitrogens with one attached hydrogen (secondary N) is 1. The van der Waals surface area contributed by atoms with Gasteiger partial charge in [0.15, 0.2) is 5.76 Å². The molecule has 1 saturated heterocycles. The van der Waals surface area contributed by atoms with E-state index in [1.54, 1.807) is 6.20 Å². The zero-order chi connectivity index (χ0) is 17.1. The van der Waals surface area contributed by atoms with E-state index in [1.165, 1.54) is 0 Å². The van der Waals surface area contributed by atoms with E-state index >= 15 is 0 Å². The Morgan fingerprint density at radius 2 is 2.33 bits per heavy atom. The van der Waals surface area contributed by atoms with Crippen LogP contribution in [0.1, 0.15) is 35.9 Å². The number of aryl methyl sites for hydroxylation is 1. The van der Waals surface area contributed by atoms with Crippen molar-refractivity contribution in [2.45, 2.75) is 32.4 Å². The molecule has 0 saturated carbocycles. The van der Waals surface area contributed by atoms with E-state index in [1.807, 2.05) is 49.0 Å². The summed E-state index contributed by atoms with van der Waals surface area (Å²) in [5.41, 5.74) is 1.82. The second kappa shape index (κ2) is 6.90. The van der Waals surface area contributed by atoms with E-state index in [9.17, 15) is 4.79 Å². The standard InChI is InChI=1S/C17H23N5O2/c1-12-10-15(24-20-12)14-7-5-9-22(14)17(23)19-11-13-6-4-8-18-16(13)21(2)3/h4,6,8,10,14H,5,7,9,11H2,1-3H3,(H,19,23)/t14-/m0/s1. The molecule has 0 unspecified atom stereocenters. The van der Waals surface area contributed by atoms with Gasteiger partial charge in [-0.2, -0.15) is 0 Å². The van der Waals surface area contributed by atoms with Crippen molar-refractivity contribution in [3.8, 4) is 0 Å². The van der Waals surface area contributed by atoms with Gasteiger partial charge in [0.05, 0.1) is 11.7 Å². The summed E-state index contributed by atoms with van der Waals surface area (Å²) in [4.78, 5) is 20.7. The maximum atomic E-state index is 12.6. The van der Waals surface area contributed by atoms with Crippen LogP contribution in [0.2, 0.25) is 0 Å². The molecular weight excluding hydrogens is 306 g/mol. The van der Waals surface area contributed by atoms with E-state index in [-0.39, 0.29) is 12.1 Å². The van der Waals surface area contributed by atoms with Crippen LogP contribution in [0, 0.1) is 6.92 Å². The molecule has 0 bridgehead atoms. The number of hydrogen-bond acceptors (Lipinski definition) is 5. The van der Waals surface area contributed by atoms with E-state index in [4.69, 9.17) is 4.52 Å². The highest BCUT2D eigenvalue weighted by atomic mass is 16.5. The smallest absolute Gasteiger partial charge is 0.318 e. The van der Waals surface area contributed by atoms with Gasteiger partial charge >= 0.3 is 6.03 Å². The maximum Gasteiger partial charge on any atom is 0.318 e. The Balaban J connectivity index is 1.67. The lowest BCUT2D eigenvalue weighted by atomic mass is 10.1. The largest absolute Gasteiger partial charge is 0.362 e. The van der Waals surface area contributed by atoms with Gasteiger partial charge in [-0.3, -0.25) is 0 Å². The second-order valence-electron chi connectivity index (χ2n) is 6.26. The summed E-state index contributed by atoms with van der Waals surface area (Å²) in [6.07, 6.45) is 3.62. The van der Waals surface area contributed by atoms with Crippen LogP contribution >= 0.6 is 0 Å². The molecule has 0 radical (unpaired) electrons. The molecule has 0 aliphatic carbocycles. The van der Waals surface area contributed by atoms with Crippen LogP contribution in [0.25, 0.3) is 0 Å². The zero-order valence-electron chi connectivity index (χ0n) is 14.3. The van der Waals surface area contributed by atoms with Crippen LogP contribution in [0.3, 0.4) is 0 Å². The topological polar surface area (TPSA) is 74.5 Å². The molecule has 1 aliphatic rings. The quantitative estimate of drug-likeness (QED) is 0.933. The van der Waals surface area contributed by atoms with E-state index in [0.717, 1.165) is 42.2 Å². The minimum Gasteiger partial charge on any atom is -0.362 e. The van der Waals surface area contributed by atoms with Crippen LogP contribution in [-0.4, -0.2) is 41.7 Å². The van der Waals surface area contributed by atoms with Crippen molar-refractivity contribution in [2.75, 3.05) is 25.5 Å². The highest BCUT2D eigenvalue weighted by Crippen LogP contribution is 2.32. The van der Waals surface area contributed by atoms with Gasteiger partial charge in [-0.1, -0.05) is 11.2 Å². The fourth-order valence-corrected chi connectivity index (χ4v) is 3.09. The zero-order valence-corrected chi connectivity index (χ0v) is 14.3. The van der Waals surface area contributed by atoms with E-state index in [0.29, 0.717) is 6.54 Å². The number of amides is 2. The van der Waals surface area contributed by atoms with Gasteiger partial charge in [0.25, 0.3) is 0 Å². The highest BCUT2D eigenvalue weighted by molar-refractivity contribution is 5.75. The predicted molar refractivity (Wildman–Crippen MR) is 90.7 cm³/mol. The number of carbonyl (C=O) groups excluding carboxylic acids is 1. The van der Waals surface area contributed by atoms with E-state index in [2.05, 4.69) is 15.5 Å². The first-order chi connectivity index (χ1) is 11.6. The lowest BCUT2D eigenvalue weighted by Crippen LogP contribution is -2.39. The Kier molecular flexibility index (Phi) is 4.69. The molecular formula is C17H23N5O2. The van der Waals surface area contributed by atoms with Gasteiger partial charge in [0, 0.05) is 45.0 Å². The van der Waals surface area contributed by atoms with Crippen molar-refractivity contribution < 1.29 is 9.32 Å². The van der Waals surface area contributed by atoms with Crippen molar-refractivity contribution in [3.05, 3.63) is 41.4 Å². The van der Waals surface area contributed by atoms with Gasteiger partial charge in [-0.15, -0.1) is 0 Å². The number of rotatable bonds is 4. The monoisotopic (exact) mass is 329 g/mol. The number of urea groups is 1. The summed E-state index contributed by atoms with van der Waals surface area (Å²) in [6.45, 7) is 3.06. The minimum atomic E-state index is -0.0832. The van der Waals surface area contributed by atoms with Crippen LogP contribution in [0.4, 0.5) is 10.6 Å². The molecule has 2 aromatic heterocycles. The number of nitrogens with zero attached hydrogens (tertiary/aromatic N) is 4. The summed E-state index contributed by atoms with van der Waals surface area (Å²) in [5, 5.41) is 6.93. The fourth-order valence-electron chi connectivity index (χ4n) is 3.09. The molecule has 3 rings (SSSR count). The molecule has 128 valence electrons. The van der Waals surface area contributed by atoms with E-state index < -0.39 is 0 Å². The molecule has 1 N–H and O–H groups in total. The van der Waals surface area contributed by atoms with Crippen molar-refractivity contribution in [1.82, 2.24) is 20.4 Å². The van der Waals surface area contributed by atoms with Gasteiger partial charge in [-0.05, 0) is 25.8 Å². The summed E-state index contributed by atoms with van der Waals surface area (Å²) in [5.74, 6) is 1.62. The minimum absolute atomic E-state index is 0.0339. The molecule has 2 aromatic rings. The van der Waals surface area contributed by atoms with Crippen LogP contribution in [0.5, 0.6) is 0 Å². The van der Waals surface area contributed by atoms with Gasteiger partial charge in [0.1, 0.15) is 5.82 Å². The summed E-state index contributed by atoms with van der Waals surface area (Å²) in [7, 11) is 3.88. The molecule has 1 fully saturated rings. The second-order valence-corrected chi connectivity index (χ2v) is 6.26. The number of anilines is 1. The Morgan fingerprint density at radius 1 is 1.50 bits per heavy atom. The molecule has 2 amide bonds. The summed E-state index contributed by atoms with van der Waals surface area (Å²) in [6, 6.07) is 5.64. The third-order valence-corrected chi connectivity index (χ3v) is 4.21. The Bertz CT molecular complexity index is 713. The number of pyridine rings is 1. The molecule has 1 aliphatic heterocycles. The number of likely N-dealkylation sites (tertiary alicyclic amines) is 1. The van der Waals surface area contributed by atoms with Gasteiger partial charge in [0.2, 0.25) is 0 Å². The summed E-state index contributed by atoms with van der Waals surface area (Å²) < 4.78 is 5.35. The van der Waals surface area contributed by atoms with Crippen LogP contribution in [0.15, 0.2) is 28.9 Å². The SMILES string of the molecule is Cc1cc([C@@H]2CCCN2C(=O)NCc2cccnc2N(C)C)on1. The molecule has 0 spiro atoms. The normalized spacial score (nSPS) is 17.1. The van der Waals surface area contributed by atoms with Gasteiger partial charge < -0.3 is 19.6 Å². The molecule has 0 aromatic carbocycles. The Labute approximate surface area is 141 Å². The molecule has 1 atom stereocenters. The Hall–Kier alpha value is -2.57.